The molecule has 0 spiro atoms. The molecule has 0 amide bonds. The van der Waals surface area contributed by atoms with Crippen molar-refractivity contribution in [3.8, 4) is 0 Å². The average Bonchev–Trinajstić information content (AvgIpc) is 3.19. The molecule has 1 N–H and O–H groups in total. The Kier molecular flexibility index (Phi) is 5.45. The molecule has 19 heavy (non-hydrogen) atoms. The highest BCUT2D eigenvalue weighted by molar-refractivity contribution is 5.25. The van der Waals surface area contributed by atoms with Gasteiger partial charge in [0.15, 0.2) is 0 Å². The zero-order valence-electron chi connectivity index (χ0n) is 12.8. The number of aryl methyl sites for hydroxylation is 1. The maximum absolute atomic E-state index is 3.79. The minimum atomic E-state index is 0.597. The molecular formula is C18H29N. The highest BCUT2D eigenvalue weighted by atomic mass is 14.9. The topological polar surface area (TPSA) is 12.0 Å². The maximum Gasteiger partial charge on any atom is 0.0348 e. The molecule has 1 saturated carbocycles. The minimum absolute atomic E-state index is 0.597. The van der Waals surface area contributed by atoms with Gasteiger partial charge in [0, 0.05) is 6.04 Å². The van der Waals surface area contributed by atoms with E-state index in [1.807, 2.05) is 0 Å². The van der Waals surface area contributed by atoms with Crippen LogP contribution in [0.25, 0.3) is 0 Å². The molecule has 0 aromatic heterocycles. The van der Waals surface area contributed by atoms with Crippen LogP contribution in [0.15, 0.2) is 24.3 Å². The number of rotatable bonds is 8. The van der Waals surface area contributed by atoms with Gasteiger partial charge in [-0.3, -0.25) is 0 Å². The Bertz CT molecular complexity index is 362. The van der Waals surface area contributed by atoms with Crippen LogP contribution in [0.2, 0.25) is 0 Å². The van der Waals surface area contributed by atoms with Gasteiger partial charge >= 0.3 is 0 Å². The number of benzene rings is 1. The van der Waals surface area contributed by atoms with Crippen molar-refractivity contribution >= 4 is 0 Å². The summed E-state index contributed by atoms with van der Waals surface area (Å²) in [4.78, 5) is 0. The maximum atomic E-state index is 3.79. The Balaban J connectivity index is 1.78. The largest absolute Gasteiger partial charge is 0.310 e. The van der Waals surface area contributed by atoms with Crippen molar-refractivity contribution in [1.29, 1.82) is 0 Å². The lowest BCUT2D eigenvalue weighted by atomic mass is 10.0. The molecule has 0 heterocycles. The van der Waals surface area contributed by atoms with Gasteiger partial charge in [-0.15, -0.1) is 0 Å². The predicted octanol–water partition coefficient (Wildman–Crippen LogP) is 4.86. The first-order valence-electron chi connectivity index (χ1n) is 7.97. The number of unbranched alkanes of at least 4 members (excludes halogenated alkanes) is 1. The zero-order valence-corrected chi connectivity index (χ0v) is 12.8. The van der Waals surface area contributed by atoms with Gasteiger partial charge < -0.3 is 5.32 Å². The van der Waals surface area contributed by atoms with Crippen LogP contribution in [0.3, 0.4) is 0 Å². The summed E-state index contributed by atoms with van der Waals surface area (Å²) >= 11 is 0. The summed E-state index contributed by atoms with van der Waals surface area (Å²) in [6, 6.07) is 9.69. The molecule has 2 rings (SSSR count). The number of hydrogen-bond acceptors (Lipinski definition) is 1. The quantitative estimate of drug-likeness (QED) is 0.657. The summed E-state index contributed by atoms with van der Waals surface area (Å²) in [5.74, 6) is 1.73. The summed E-state index contributed by atoms with van der Waals surface area (Å²) in [7, 11) is 0. The van der Waals surface area contributed by atoms with Crippen molar-refractivity contribution < 1.29 is 0 Å². The van der Waals surface area contributed by atoms with Crippen LogP contribution in [-0.2, 0) is 0 Å². The van der Waals surface area contributed by atoms with Crippen molar-refractivity contribution in [2.45, 2.75) is 58.9 Å². The predicted molar refractivity (Wildman–Crippen MR) is 83.3 cm³/mol. The fourth-order valence-electron chi connectivity index (χ4n) is 2.70. The van der Waals surface area contributed by atoms with E-state index in [0.717, 1.165) is 11.8 Å². The molecule has 1 fully saturated rings. The van der Waals surface area contributed by atoms with Gasteiger partial charge in [0.25, 0.3) is 0 Å². The molecule has 0 saturated heterocycles. The van der Waals surface area contributed by atoms with Gasteiger partial charge in [0.05, 0.1) is 0 Å². The van der Waals surface area contributed by atoms with Crippen molar-refractivity contribution in [3.05, 3.63) is 35.4 Å². The van der Waals surface area contributed by atoms with Crippen molar-refractivity contribution in [3.63, 3.8) is 0 Å². The molecular weight excluding hydrogens is 230 g/mol. The van der Waals surface area contributed by atoms with Gasteiger partial charge in [0.2, 0.25) is 0 Å². The molecule has 1 aromatic carbocycles. The molecule has 1 nitrogen and oxygen atoms in total. The van der Waals surface area contributed by atoms with E-state index in [2.05, 4.69) is 50.4 Å². The van der Waals surface area contributed by atoms with Gasteiger partial charge in [-0.05, 0) is 50.1 Å². The second kappa shape index (κ2) is 7.09. The first-order valence-corrected chi connectivity index (χ1v) is 7.97. The Labute approximate surface area is 118 Å². The lowest BCUT2D eigenvalue weighted by molar-refractivity contribution is 0.454. The van der Waals surface area contributed by atoms with E-state index >= 15 is 0 Å². The van der Waals surface area contributed by atoms with Crippen LogP contribution in [0.1, 0.15) is 63.1 Å². The summed E-state index contributed by atoms with van der Waals surface area (Å²) < 4.78 is 0. The third kappa shape index (κ3) is 4.99. The third-order valence-electron chi connectivity index (χ3n) is 4.10. The van der Waals surface area contributed by atoms with Gasteiger partial charge in [-0.2, -0.15) is 0 Å². The second-order valence-corrected chi connectivity index (χ2v) is 6.57. The van der Waals surface area contributed by atoms with Crippen LogP contribution in [-0.4, -0.2) is 6.54 Å². The van der Waals surface area contributed by atoms with Crippen LogP contribution in [0.4, 0.5) is 0 Å². The van der Waals surface area contributed by atoms with E-state index in [-0.39, 0.29) is 0 Å². The molecule has 1 aromatic rings. The Morgan fingerprint density at radius 3 is 2.37 bits per heavy atom. The summed E-state index contributed by atoms with van der Waals surface area (Å²) in [6.45, 7) is 7.95. The molecule has 0 aliphatic heterocycles. The fourth-order valence-corrected chi connectivity index (χ4v) is 2.70. The summed E-state index contributed by atoms with van der Waals surface area (Å²) in [5.41, 5.74) is 2.84. The molecule has 0 bridgehead atoms. The number of hydrogen-bond donors (Lipinski definition) is 1. The Morgan fingerprint density at radius 2 is 1.79 bits per heavy atom. The van der Waals surface area contributed by atoms with Crippen LogP contribution in [0.5, 0.6) is 0 Å². The van der Waals surface area contributed by atoms with E-state index in [9.17, 15) is 0 Å². The van der Waals surface area contributed by atoms with Crippen molar-refractivity contribution in [1.82, 2.24) is 5.32 Å². The first kappa shape index (κ1) is 14.6. The van der Waals surface area contributed by atoms with Crippen LogP contribution in [0, 0.1) is 18.8 Å². The Hall–Kier alpha value is -0.820. The highest BCUT2D eigenvalue weighted by Gasteiger charge is 2.31. The van der Waals surface area contributed by atoms with Gasteiger partial charge in [-0.1, -0.05) is 56.5 Å². The van der Waals surface area contributed by atoms with E-state index in [4.69, 9.17) is 0 Å². The molecule has 0 radical (unpaired) electrons. The van der Waals surface area contributed by atoms with E-state index < -0.39 is 0 Å². The smallest absolute Gasteiger partial charge is 0.0348 e. The van der Waals surface area contributed by atoms with Crippen molar-refractivity contribution in [2.24, 2.45) is 11.8 Å². The van der Waals surface area contributed by atoms with E-state index in [1.54, 1.807) is 0 Å². The fraction of sp³-hybridized carbons (Fsp3) is 0.667. The number of nitrogens with one attached hydrogen (secondary N) is 1. The average molecular weight is 259 g/mol. The van der Waals surface area contributed by atoms with Gasteiger partial charge in [0.1, 0.15) is 0 Å². The molecule has 1 aliphatic rings. The Morgan fingerprint density at radius 1 is 1.11 bits per heavy atom. The van der Waals surface area contributed by atoms with E-state index in [1.165, 1.54) is 49.8 Å². The van der Waals surface area contributed by atoms with Crippen LogP contribution < -0.4 is 5.32 Å². The molecule has 106 valence electrons. The SMILES string of the molecule is Cc1ccc(C(NCCCCC(C)C)C2CC2)cc1. The second-order valence-electron chi connectivity index (χ2n) is 6.57. The summed E-state index contributed by atoms with van der Waals surface area (Å²) in [6.07, 6.45) is 6.83. The molecule has 1 atom stereocenters. The standard InChI is InChI=1S/C18H29N/c1-14(2)6-4-5-13-19-18(17-11-12-17)16-9-7-15(3)8-10-16/h7-10,14,17-19H,4-6,11-13H2,1-3H3. The monoisotopic (exact) mass is 259 g/mol. The first-order chi connectivity index (χ1) is 9.16. The van der Waals surface area contributed by atoms with Gasteiger partial charge in [-0.25, -0.2) is 0 Å². The summed E-state index contributed by atoms with van der Waals surface area (Å²) in [5, 5.41) is 3.79. The lowest BCUT2D eigenvalue weighted by Crippen LogP contribution is -2.24. The van der Waals surface area contributed by atoms with E-state index in [0.29, 0.717) is 6.04 Å². The lowest BCUT2D eigenvalue weighted by Gasteiger charge is -2.19. The third-order valence-corrected chi connectivity index (χ3v) is 4.10. The molecule has 1 heteroatoms. The zero-order chi connectivity index (χ0) is 13.7. The minimum Gasteiger partial charge on any atom is -0.310 e. The molecule has 1 unspecified atom stereocenters. The highest BCUT2D eigenvalue weighted by Crippen LogP contribution is 2.41. The molecule has 1 aliphatic carbocycles. The van der Waals surface area contributed by atoms with Crippen molar-refractivity contribution in [2.75, 3.05) is 6.54 Å². The van der Waals surface area contributed by atoms with Crippen LogP contribution >= 0.6 is 0 Å². The normalized spacial score (nSPS) is 16.8.